The highest BCUT2D eigenvalue weighted by molar-refractivity contribution is 5.83. The molecule has 0 aliphatic rings. The molecule has 0 saturated heterocycles. The van der Waals surface area contributed by atoms with Gasteiger partial charge in [-0.2, -0.15) is 0 Å². The molecule has 0 bridgehead atoms. The standard InChI is InChI=1S/C14H16N4/c1-18-9-16-8-14(18)12(15)6-10-7-17-13-5-3-2-4-11(10)13/h2-5,7-9,12,17H,6,15H2,1H3. The average Bonchev–Trinajstić information content (AvgIpc) is 2.97. The third-order valence-corrected chi connectivity index (χ3v) is 3.35. The van der Waals surface area contributed by atoms with Crippen molar-refractivity contribution in [1.82, 2.24) is 14.5 Å². The van der Waals surface area contributed by atoms with Crippen LogP contribution in [0.3, 0.4) is 0 Å². The Kier molecular flexibility index (Phi) is 2.64. The zero-order valence-electron chi connectivity index (χ0n) is 10.3. The molecule has 0 radical (unpaired) electrons. The summed E-state index contributed by atoms with van der Waals surface area (Å²) in [7, 11) is 1.97. The van der Waals surface area contributed by atoms with Gasteiger partial charge >= 0.3 is 0 Å². The highest BCUT2D eigenvalue weighted by atomic mass is 15.0. The van der Waals surface area contributed by atoms with Gasteiger partial charge in [0.15, 0.2) is 0 Å². The minimum atomic E-state index is -0.0308. The number of aryl methyl sites for hydroxylation is 1. The Morgan fingerprint density at radius 1 is 1.39 bits per heavy atom. The molecule has 0 amide bonds. The summed E-state index contributed by atoms with van der Waals surface area (Å²) in [5, 5.41) is 1.25. The maximum absolute atomic E-state index is 6.25. The molecule has 3 aromatic rings. The Morgan fingerprint density at radius 2 is 2.22 bits per heavy atom. The van der Waals surface area contributed by atoms with Crippen molar-refractivity contribution in [1.29, 1.82) is 0 Å². The Morgan fingerprint density at radius 3 is 3.00 bits per heavy atom. The third kappa shape index (κ3) is 1.80. The van der Waals surface area contributed by atoms with Gasteiger partial charge in [-0.15, -0.1) is 0 Å². The lowest BCUT2D eigenvalue weighted by molar-refractivity contribution is 0.658. The molecule has 4 nitrogen and oxygen atoms in total. The first kappa shape index (κ1) is 11.0. The van der Waals surface area contributed by atoms with Crippen molar-refractivity contribution in [3.63, 3.8) is 0 Å². The highest BCUT2D eigenvalue weighted by Crippen LogP contribution is 2.22. The second-order valence-electron chi connectivity index (χ2n) is 4.60. The molecule has 92 valence electrons. The number of H-pyrrole nitrogens is 1. The number of aromatic nitrogens is 3. The molecule has 4 heteroatoms. The molecule has 0 saturated carbocycles. The van der Waals surface area contributed by atoms with Crippen molar-refractivity contribution >= 4 is 10.9 Å². The van der Waals surface area contributed by atoms with Gasteiger partial charge in [-0.1, -0.05) is 18.2 Å². The predicted octanol–water partition coefficient (Wildman–Crippen LogP) is 2.14. The van der Waals surface area contributed by atoms with Crippen LogP contribution < -0.4 is 5.73 Å². The maximum Gasteiger partial charge on any atom is 0.0946 e. The molecule has 0 aliphatic heterocycles. The lowest BCUT2D eigenvalue weighted by atomic mass is 10.0. The van der Waals surface area contributed by atoms with E-state index in [9.17, 15) is 0 Å². The smallest absolute Gasteiger partial charge is 0.0946 e. The van der Waals surface area contributed by atoms with Gasteiger partial charge in [-0.25, -0.2) is 4.98 Å². The number of fused-ring (bicyclic) bond motifs is 1. The van der Waals surface area contributed by atoms with E-state index in [0.29, 0.717) is 0 Å². The van der Waals surface area contributed by atoms with Crippen molar-refractivity contribution in [3.05, 3.63) is 54.2 Å². The van der Waals surface area contributed by atoms with Gasteiger partial charge in [0.1, 0.15) is 0 Å². The van der Waals surface area contributed by atoms with Gasteiger partial charge in [-0.3, -0.25) is 0 Å². The van der Waals surface area contributed by atoms with Crippen LogP contribution in [0.15, 0.2) is 43.0 Å². The molecule has 0 spiro atoms. The number of imidazole rings is 1. The molecule has 3 N–H and O–H groups in total. The second-order valence-corrected chi connectivity index (χ2v) is 4.60. The first-order valence-corrected chi connectivity index (χ1v) is 6.02. The number of hydrogen-bond acceptors (Lipinski definition) is 2. The first-order valence-electron chi connectivity index (χ1n) is 6.02. The fourth-order valence-electron chi connectivity index (χ4n) is 2.37. The molecule has 2 heterocycles. The lowest BCUT2D eigenvalue weighted by Gasteiger charge is -2.11. The quantitative estimate of drug-likeness (QED) is 0.737. The van der Waals surface area contributed by atoms with E-state index < -0.39 is 0 Å². The number of nitrogens with one attached hydrogen (secondary N) is 1. The summed E-state index contributed by atoms with van der Waals surface area (Å²) >= 11 is 0. The Bertz CT molecular complexity index is 665. The molecule has 1 unspecified atom stereocenters. The lowest BCUT2D eigenvalue weighted by Crippen LogP contribution is -2.16. The van der Waals surface area contributed by atoms with Crippen LogP contribution >= 0.6 is 0 Å². The molecule has 18 heavy (non-hydrogen) atoms. The van der Waals surface area contributed by atoms with Crippen LogP contribution in [0.25, 0.3) is 10.9 Å². The topological polar surface area (TPSA) is 59.6 Å². The monoisotopic (exact) mass is 240 g/mol. The van der Waals surface area contributed by atoms with Crippen molar-refractivity contribution in [3.8, 4) is 0 Å². The number of benzene rings is 1. The van der Waals surface area contributed by atoms with Gasteiger partial charge in [0, 0.05) is 30.3 Å². The van der Waals surface area contributed by atoms with Crippen molar-refractivity contribution in [2.24, 2.45) is 12.8 Å². The number of hydrogen-bond donors (Lipinski definition) is 2. The molecular formula is C14H16N4. The van der Waals surface area contributed by atoms with E-state index in [1.165, 1.54) is 10.9 Å². The summed E-state index contributed by atoms with van der Waals surface area (Å²) in [6.45, 7) is 0. The van der Waals surface area contributed by atoms with Crippen molar-refractivity contribution in [2.45, 2.75) is 12.5 Å². The predicted molar refractivity (Wildman–Crippen MR) is 72.1 cm³/mol. The summed E-state index contributed by atoms with van der Waals surface area (Å²) in [5.41, 5.74) is 9.71. The number of nitrogens with two attached hydrogens (primary N) is 1. The van der Waals surface area contributed by atoms with E-state index in [1.54, 1.807) is 6.33 Å². The fourth-order valence-corrected chi connectivity index (χ4v) is 2.37. The Labute approximate surface area is 105 Å². The molecule has 1 aromatic carbocycles. The molecule has 0 fully saturated rings. The SMILES string of the molecule is Cn1cncc1C(N)Cc1c[nH]c2ccccc12. The first-order chi connectivity index (χ1) is 8.75. The van der Waals surface area contributed by atoms with Gasteiger partial charge < -0.3 is 15.3 Å². The minimum absolute atomic E-state index is 0.0308. The number of nitrogens with zero attached hydrogens (tertiary/aromatic N) is 2. The normalized spacial score (nSPS) is 13.0. The van der Waals surface area contributed by atoms with Gasteiger partial charge in [-0.05, 0) is 18.1 Å². The zero-order valence-corrected chi connectivity index (χ0v) is 10.3. The van der Waals surface area contributed by atoms with Crippen molar-refractivity contribution in [2.75, 3.05) is 0 Å². The molecular weight excluding hydrogens is 224 g/mol. The fraction of sp³-hybridized carbons (Fsp3) is 0.214. The number of rotatable bonds is 3. The van der Waals surface area contributed by atoms with Crippen molar-refractivity contribution < 1.29 is 0 Å². The van der Waals surface area contributed by atoms with Gasteiger partial charge in [0.2, 0.25) is 0 Å². The third-order valence-electron chi connectivity index (χ3n) is 3.35. The van der Waals surface area contributed by atoms with Crippen LogP contribution in [0, 0.1) is 0 Å². The van der Waals surface area contributed by atoms with Crippen LogP contribution in [-0.2, 0) is 13.5 Å². The zero-order chi connectivity index (χ0) is 12.5. The van der Waals surface area contributed by atoms with E-state index in [1.807, 2.05) is 30.1 Å². The summed E-state index contributed by atoms with van der Waals surface area (Å²) < 4.78 is 1.97. The molecule has 0 aliphatic carbocycles. The summed E-state index contributed by atoms with van der Waals surface area (Å²) in [5.74, 6) is 0. The summed E-state index contributed by atoms with van der Waals surface area (Å²) in [6, 6.07) is 8.25. The molecule has 3 rings (SSSR count). The van der Waals surface area contributed by atoms with Crippen LogP contribution in [0.4, 0.5) is 0 Å². The molecule has 1 atom stereocenters. The number of para-hydroxylation sites is 1. The molecule has 2 aromatic heterocycles. The highest BCUT2D eigenvalue weighted by Gasteiger charge is 2.13. The minimum Gasteiger partial charge on any atom is -0.361 e. The average molecular weight is 240 g/mol. The van der Waals surface area contributed by atoms with Gasteiger partial charge in [0.25, 0.3) is 0 Å². The van der Waals surface area contributed by atoms with E-state index in [4.69, 9.17) is 5.73 Å². The Hall–Kier alpha value is -2.07. The Balaban J connectivity index is 1.91. The largest absolute Gasteiger partial charge is 0.361 e. The van der Waals surface area contributed by atoms with Crippen LogP contribution in [0.1, 0.15) is 17.3 Å². The van der Waals surface area contributed by atoms with E-state index in [2.05, 4.69) is 28.2 Å². The van der Waals surface area contributed by atoms with E-state index in [0.717, 1.165) is 17.6 Å². The van der Waals surface area contributed by atoms with E-state index in [-0.39, 0.29) is 6.04 Å². The maximum atomic E-state index is 6.25. The second kappa shape index (κ2) is 4.31. The van der Waals surface area contributed by atoms with Gasteiger partial charge in [0.05, 0.1) is 18.1 Å². The summed E-state index contributed by atoms with van der Waals surface area (Å²) in [6.07, 6.45) is 6.47. The van der Waals surface area contributed by atoms with Crippen LogP contribution in [-0.4, -0.2) is 14.5 Å². The van der Waals surface area contributed by atoms with E-state index >= 15 is 0 Å². The number of aromatic amines is 1. The summed E-state index contributed by atoms with van der Waals surface area (Å²) in [4.78, 5) is 7.38. The van der Waals surface area contributed by atoms with Crippen LogP contribution in [0.5, 0.6) is 0 Å². The van der Waals surface area contributed by atoms with Crippen LogP contribution in [0.2, 0.25) is 0 Å².